The molecule has 1 saturated heterocycles. The molecule has 0 bridgehead atoms. The summed E-state index contributed by atoms with van der Waals surface area (Å²) < 4.78 is 5.28. The summed E-state index contributed by atoms with van der Waals surface area (Å²) in [7, 11) is 1.51. The van der Waals surface area contributed by atoms with Crippen molar-refractivity contribution in [3.8, 4) is 5.75 Å². The first kappa shape index (κ1) is 17.0. The zero-order valence-electron chi connectivity index (χ0n) is 13.9. The molecule has 1 aromatic carbocycles. The van der Waals surface area contributed by atoms with Gasteiger partial charge in [-0.1, -0.05) is 13.8 Å². The predicted octanol–water partition coefficient (Wildman–Crippen LogP) is 2.51. The number of ether oxygens (including phenoxy) is 1. The van der Waals surface area contributed by atoms with Crippen molar-refractivity contribution in [2.75, 3.05) is 7.11 Å². The summed E-state index contributed by atoms with van der Waals surface area (Å²) in [6.45, 7) is 5.31. The van der Waals surface area contributed by atoms with Gasteiger partial charge >= 0.3 is 6.03 Å². The van der Waals surface area contributed by atoms with Crippen molar-refractivity contribution in [3.05, 3.63) is 29.3 Å². The van der Waals surface area contributed by atoms with E-state index in [1.165, 1.54) is 18.9 Å². The van der Waals surface area contributed by atoms with Crippen molar-refractivity contribution < 1.29 is 19.1 Å². The predicted molar refractivity (Wildman–Crippen MR) is 85.4 cm³/mol. The van der Waals surface area contributed by atoms with Crippen molar-refractivity contribution in [2.24, 2.45) is 0 Å². The Morgan fingerprint density at radius 3 is 2.39 bits per heavy atom. The van der Waals surface area contributed by atoms with Gasteiger partial charge in [-0.05, 0) is 38.0 Å². The van der Waals surface area contributed by atoms with E-state index < -0.39 is 11.6 Å². The van der Waals surface area contributed by atoms with Gasteiger partial charge in [-0.15, -0.1) is 0 Å². The van der Waals surface area contributed by atoms with Gasteiger partial charge < -0.3 is 10.1 Å². The third-order valence-electron chi connectivity index (χ3n) is 4.47. The van der Waals surface area contributed by atoms with Crippen LogP contribution in [0.2, 0.25) is 0 Å². The molecule has 0 radical (unpaired) electrons. The van der Waals surface area contributed by atoms with Gasteiger partial charge in [-0.3, -0.25) is 14.5 Å². The molecule has 6 heteroatoms. The molecule has 1 fully saturated rings. The molecule has 0 aliphatic carbocycles. The smallest absolute Gasteiger partial charge is 0.325 e. The van der Waals surface area contributed by atoms with Crippen LogP contribution < -0.4 is 10.1 Å². The Bertz CT molecular complexity index is 650. The van der Waals surface area contributed by atoms with E-state index >= 15 is 0 Å². The van der Waals surface area contributed by atoms with Crippen LogP contribution >= 0.6 is 0 Å². The fourth-order valence-corrected chi connectivity index (χ4v) is 2.84. The number of nitrogens with one attached hydrogen (secondary N) is 1. The van der Waals surface area contributed by atoms with Crippen LogP contribution in [0, 0.1) is 0 Å². The Labute approximate surface area is 135 Å². The molecule has 1 N–H and O–H groups in total. The van der Waals surface area contributed by atoms with Crippen LogP contribution in [0.1, 0.15) is 49.5 Å². The second-order valence-electron chi connectivity index (χ2n) is 5.69. The highest BCUT2D eigenvalue weighted by Gasteiger charge is 2.48. The first-order valence-electron chi connectivity index (χ1n) is 7.70. The zero-order valence-corrected chi connectivity index (χ0v) is 13.9. The van der Waals surface area contributed by atoms with E-state index in [0.29, 0.717) is 29.7 Å². The highest BCUT2D eigenvalue weighted by atomic mass is 16.5. The fourth-order valence-electron chi connectivity index (χ4n) is 2.84. The number of ketones is 1. The van der Waals surface area contributed by atoms with Gasteiger partial charge in [0.1, 0.15) is 11.3 Å². The molecule has 0 unspecified atom stereocenters. The lowest BCUT2D eigenvalue weighted by atomic mass is 9.93. The van der Waals surface area contributed by atoms with Crippen molar-refractivity contribution >= 4 is 17.7 Å². The SMILES string of the molecule is CCC1(CC)NC(=O)N(Cc2cc(C(C)=O)ccc2OC)C1=O. The van der Waals surface area contributed by atoms with Gasteiger partial charge in [0.15, 0.2) is 5.78 Å². The lowest BCUT2D eigenvalue weighted by Gasteiger charge is -2.23. The first-order chi connectivity index (χ1) is 10.9. The number of amides is 3. The monoisotopic (exact) mass is 318 g/mol. The Kier molecular flexibility index (Phi) is 4.73. The van der Waals surface area contributed by atoms with Crippen LogP contribution in [0.3, 0.4) is 0 Å². The molecule has 0 spiro atoms. The average Bonchev–Trinajstić information content (AvgIpc) is 2.79. The number of hydrogen-bond donors (Lipinski definition) is 1. The van der Waals surface area contributed by atoms with E-state index in [4.69, 9.17) is 4.74 Å². The second-order valence-corrected chi connectivity index (χ2v) is 5.69. The normalized spacial score (nSPS) is 16.4. The summed E-state index contributed by atoms with van der Waals surface area (Å²) in [5.74, 6) is 0.228. The number of urea groups is 1. The van der Waals surface area contributed by atoms with Crippen LogP contribution in [0.25, 0.3) is 0 Å². The molecule has 2 rings (SSSR count). The van der Waals surface area contributed by atoms with Crippen molar-refractivity contribution in [3.63, 3.8) is 0 Å². The zero-order chi connectivity index (χ0) is 17.2. The molecular formula is C17H22N2O4. The number of methoxy groups -OCH3 is 1. The minimum Gasteiger partial charge on any atom is -0.496 e. The molecular weight excluding hydrogens is 296 g/mol. The molecule has 1 aliphatic rings. The Hall–Kier alpha value is -2.37. The molecule has 1 aliphatic heterocycles. The number of nitrogens with zero attached hydrogens (tertiary/aromatic N) is 1. The van der Waals surface area contributed by atoms with E-state index in [-0.39, 0.29) is 18.2 Å². The van der Waals surface area contributed by atoms with Crippen LogP contribution in [0.4, 0.5) is 4.79 Å². The number of carbonyl (C=O) groups is 3. The van der Waals surface area contributed by atoms with Crippen LogP contribution in [-0.2, 0) is 11.3 Å². The molecule has 23 heavy (non-hydrogen) atoms. The fraction of sp³-hybridized carbons (Fsp3) is 0.471. The van der Waals surface area contributed by atoms with Gasteiger partial charge in [-0.25, -0.2) is 4.79 Å². The average molecular weight is 318 g/mol. The molecule has 6 nitrogen and oxygen atoms in total. The highest BCUT2D eigenvalue weighted by Crippen LogP contribution is 2.29. The Morgan fingerprint density at radius 1 is 1.26 bits per heavy atom. The standard InChI is InChI=1S/C17H22N2O4/c1-5-17(6-2)15(21)19(16(22)18-17)10-13-9-12(11(3)20)7-8-14(13)23-4/h7-9H,5-6,10H2,1-4H3,(H,18,22). The van der Waals surface area contributed by atoms with Crippen LogP contribution in [0.5, 0.6) is 5.75 Å². The number of imide groups is 1. The summed E-state index contributed by atoms with van der Waals surface area (Å²) >= 11 is 0. The molecule has 1 heterocycles. The third kappa shape index (κ3) is 2.93. The maximum Gasteiger partial charge on any atom is 0.325 e. The molecule has 3 amide bonds. The maximum atomic E-state index is 12.7. The molecule has 1 aromatic rings. The molecule has 124 valence electrons. The van der Waals surface area contributed by atoms with E-state index in [1.54, 1.807) is 18.2 Å². The Balaban J connectivity index is 2.35. The van der Waals surface area contributed by atoms with E-state index in [9.17, 15) is 14.4 Å². The van der Waals surface area contributed by atoms with Crippen LogP contribution in [0.15, 0.2) is 18.2 Å². The van der Waals surface area contributed by atoms with Gasteiger partial charge in [0.25, 0.3) is 5.91 Å². The Morgan fingerprint density at radius 2 is 1.91 bits per heavy atom. The van der Waals surface area contributed by atoms with Crippen molar-refractivity contribution in [1.82, 2.24) is 10.2 Å². The lowest BCUT2D eigenvalue weighted by molar-refractivity contribution is -0.132. The van der Waals surface area contributed by atoms with Crippen molar-refractivity contribution in [1.29, 1.82) is 0 Å². The van der Waals surface area contributed by atoms with Gasteiger partial charge in [0, 0.05) is 11.1 Å². The second kappa shape index (κ2) is 6.40. The van der Waals surface area contributed by atoms with Crippen LogP contribution in [-0.4, -0.2) is 35.3 Å². The minimum atomic E-state index is -0.831. The molecule has 0 aromatic heterocycles. The number of hydrogen-bond acceptors (Lipinski definition) is 4. The lowest BCUT2D eigenvalue weighted by Crippen LogP contribution is -2.45. The highest BCUT2D eigenvalue weighted by molar-refractivity contribution is 6.07. The van der Waals surface area contributed by atoms with Crippen molar-refractivity contribution in [2.45, 2.75) is 45.7 Å². The molecule has 0 atom stereocenters. The minimum absolute atomic E-state index is 0.0801. The summed E-state index contributed by atoms with van der Waals surface area (Å²) in [6.07, 6.45) is 1.07. The first-order valence-corrected chi connectivity index (χ1v) is 7.70. The number of benzene rings is 1. The largest absolute Gasteiger partial charge is 0.496 e. The number of carbonyl (C=O) groups excluding carboxylic acids is 3. The topological polar surface area (TPSA) is 75.7 Å². The van der Waals surface area contributed by atoms with E-state index in [1.807, 2.05) is 13.8 Å². The quantitative estimate of drug-likeness (QED) is 0.646. The van der Waals surface area contributed by atoms with Gasteiger partial charge in [0.05, 0.1) is 13.7 Å². The van der Waals surface area contributed by atoms with E-state index in [2.05, 4.69) is 5.32 Å². The van der Waals surface area contributed by atoms with Gasteiger partial charge in [0.2, 0.25) is 0 Å². The van der Waals surface area contributed by atoms with E-state index in [0.717, 1.165) is 0 Å². The summed E-state index contributed by atoms with van der Waals surface area (Å²) in [5.41, 5.74) is 0.319. The summed E-state index contributed by atoms with van der Waals surface area (Å²) in [5, 5.41) is 2.79. The maximum absolute atomic E-state index is 12.7. The number of Topliss-reactive ketones (excluding diaryl/α,β-unsaturated/α-hetero) is 1. The number of rotatable bonds is 6. The molecule has 0 saturated carbocycles. The summed E-state index contributed by atoms with van der Waals surface area (Å²) in [4.78, 5) is 37.6. The third-order valence-corrected chi connectivity index (χ3v) is 4.47. The van der Waals surface area contributed by atoms with Gasteiger partial charge in [-0.2, -0.15) is 0 Å². The summed E-state index contributed by atoms with van der Waals surface area (Å²) in [6, 6.07) is 4.60.